The van der Waals surface area contributed by atoms with Crippen LogP contribution in [-0.2, 0) is 6.42 Å². The van der Waals surface area contributed by atoms with Gasteiger partial charge in [0.2, 0.25) is 10.8 Å². The number of nitro groups is 1. The van der Waals surface area contributed by atoms with Crippen LogP contribution in [0.4, 0.5) is 5.69 Å². The second-order valence-electron chi connectivity index (χ2n) is 6.88. The summed E-state index contributed by atoms with van der Waals surface area (Å²) in [7, 11) is 0. The molecule has 1 atom stereocenters. The number of aromatic nitrogens is 3. The van der Waals surface area contributed by atoms with E-state index in [4.69, 9.17) is 0 Å². The lowest BCUT2D eigenvalue weighted by Crippen LogP contribution is -2.38. The number of nitrogens with zero attached hydrogens (tertiary/aromatic N) is 5. The van der Waals surface area contributed by atoms with E-state index in [1.807, 2.05) is 6.92 Å². The Balaban J connectivity index is 1.77. The van der Waals surface area contributed by atoms with E-state index in [0.717, 1.165) is 5.56 Å². The molecule has 1 saturated heterocycles. The number of aromatic hydroxyl groups is 1. The molecule has 2 aromatic heterocycles. The summed E-state index contributed by atoms with van der Waals surface area (Å²) in [5.74, 6) is 0.711. The SMILES string of the molecule is CCc1nc2sc([C@H](c3ccc([N+](=O)[O-])cc3)N3CCC(O)CC3)c(O)n2n1. The van der Waals surface area contributed by atoms with Gasteiger partial charge in [0.25, 0.3) is 5.69 Å². The van der Waals surface area contributed by atoms with Crippen molar-refractivity contribution in [1.82, 2.24) is 19.5 Å². The Kier molecular flexibility index (Phi) is 5.00. The van der Waals surface area contributed by atoms with Crippen LogP contribution in [0, 0.1) is 10.1 Å². The molecule has 1 aliphatic heterocycles. The van der Waals surface area contributed by atoms with Crippen molar-refractivity contribution in [2.45, 2.75) is 38.3 Å². The third-order valence-corrected chi connectivity index (χ3v) is 6.16. The minimum absolute atomic E-state index is 0.0241. The lowest BCUT2D eigenvalue weighted by molar-refractivity contribution is -0.384. The van der Waals surface area contributed by atoms with Crippen molar-refractivity contribution >= 4 is 22.0 Å². The fraction of sp³-hybridized carbons (Fsp3) is 0.444. The van der Waals surface area contributed by atoms with Gasteiger partial charge in [-0.05, 0) is 18.4 Å². The summed E-state index contributed by atoms with van der Waals surface area (Å²) >= 11 is 1.37. The van der Waals surface area contributed by atoms with Gasteiger partial charge in [0.05, 0.1) is 21.9 Å². The molecular formula is C18H21N5O4S. The Morgan fingerprint density at radius 3 is 2.57 bits per heavy atom. The van der Waals surface area contributed by atoms with E-state index in [1.54, 1.807) is 12.1 Å². The molecule has 0 spiro atoms. The molecule has 0 radical (unpaired) electrons. The van der Waals surface area contributed by atoms with E-state index in [1.165, 1.54) is 28.0 Å². The van der Waals surface area contributed by atoms with Gasteiger partial charge in [0.15, 0.2) is 5.82 Å². The maximum atomic E-state index is 11.0. The third-order valence-electron chi connectivity index (χ3n) is 5.09. The van der Waals surface area contributed by atoms with Gasteiger partial charge in [-0.25, -0.2) is 4.98 Å². The second kappa shape index (κ2) is 7.46. The molecular weight excluding hydrogens is 382 g/mol. The van der Waals surface area contributed by atoms with Crippen molar-refractivity contribution in [3.05, 3.63) is 50.6 Å². The molecule has 2 N–H and O–H groups in total. The number of piperidine rings is 1. The van der Waals surface area contributed by atoms with Crippen LogP contribution < -0.4 is 0 Å². The van der Waals surface area contributed by atoms with E-state index in [2.05, 4.69) is 15.0 Å². The molecule has 0 unspecified atom stereocenters. The van der Waals surface area contributed by atoms with Crippen LogP contribution in [-0.4, -0.2) is 53.8 Å². The maximum absolute atomic E-state index is 11.0. The van der Waals surface area contributed by atoms with Crippen LogP contribution >= 0.6 is 11.3 Å². The van der Waals surface area contributed by atoms with Gasteiger partial charge in [-0.2, -0.15) is 4.52 Å². The van der Waals surface area contributed by atoms with Crippen molar-refractivity contribution in [3.63, 3.8) is 0 Å². The van der Waals surface area contributed by atoms with Crippen LogP contribution in [0.5, 0.6) is 5.88 Å². The van der Waals surface area contributed by atoms with Crippen molar-refractivity contribution in [2.24, 2.45) is 0 Å². The second-order valence-corrected chi connectivity index (χ2v) is 7.89. The molecule has 4 rings (SSSR count). The highest BCUT2D eigenvalue weighted by atomic mass is 32.1. The zero-order valence-electron chi connectivity index (χ0n) is 15.4. The number of hydrogen-bond donors (Lipinski definition) is 2. The molecule has 28 heavy (non-hydrogen) atoms. The molecule has 0 bridgehead atoms. The number of aliphatic hydroxyl groups excluding tert-OH is 1. The first-order valence-electron chi connectivity index (χ1n) is 9.21. The number of aryl methyl sites for hydroxylation is 1. The monoisotopic (exact) mass is 403 g/mol. The van der Waals surface area contributed by atoms with Crippen molar-refractivity contribution in [1.29, 1.82) is 0 Å². The van der Waals surface area contributed by atoms with Crippen molar-refractivity contribution in [2.75, 3.05) is 13.1 Å². The van der Waals surface area contributed by atoms with Gasteiger partial charge in [0.1, 0.15) is 0 Å². The molecule has 148 valence electrons. The van der Waals surface area contributed by atoms with E-state index < -0.39 is 4.92 Å². The number of rotatable bonds is 5. The summed E-state index contributed by atoms with van der Waals surface area (Å²) in [5.41, 5.74) is 0.869. The van der Waals surface area contributed by atoms with Crippen LogP contribution in [0.1, 0.15) is 42.1 Å². The smallest absolute Gasteiger partial charge is 0.269 e. The quantitative estimate of drug-likeness (QED) is 0.496. The lowest BCUT2D eigenvalue weighted by Gasteiger charge is -2.35. The van der Waals surface area contributed by atoms with E-state index in [9.17, 15) is 20.3 Å². The number of non-ortho nitro benzene ring substituents is 1. The highest BCUT2D eigenvalue weighted by Crippen LogP contribution is 2.41. The predicted molar refractivity (Wildman–Crippen MR) is 104 cm³/mol. The van der Waals surface area contributed by atoms with E-state index in [-0.39, 0.29) is 23.7 Å². The van der Waals surface area contributed by atoms with Crippen LogP contribution in [0.15, 0.2) is 24.3 Å². The maximum Gasteiger partial charge on any atom is 0.269 e. The number of fused-ring (bicyclic) bond motifs is 1. The fourth-order valence-corrected chi connectivity index (χ4v) is 4.70. The summed E-state index contributed by atoms with van der Waals surface area (Å²) < 4.78 is 1.45. The molecule has 0 aliphatic carbocycles. The number of benzene rings is 1. The first kappa shape index (κ1) is 18.8. The summed E-state index contributed by atoms with van der Waals surface area (Å²) in [6.45, 7) is 3.28. The molecule has 3 aromatic rings. The van der Waals surface area contributed by atoms with Crippen molar-refractivity contribution < 1.29 is 15.1 Å². The Hall–Kier alpha value is -2.56. The number of thiazole rings is 1. The molecule has 10 heteroatoms. The Bertz CT molecular complexity index is 991. The fourth-order valence-electron chi connectivity index (χ4n) is 3.57. The summed E-state index contributed by atoms with van der Waals surface area (Å²) in [5, 5.41) is 36.0. The van der Waals surface area contributed by atoms with Gasteiger partial charge in [-0.15, -0.1) is 5.10 Å². The van der Waals surface area contributed by atoms with Gasteiger partial charge < -0.3 is 10.2 Å². The summed E-state index contributed by atoms with van der Waals surface area (Å²) in [4.78, 5) is 18.5. The van der Waals surface area contributed by atoms with Crippen LogP contribution in [0.2, 0.25) is 0 Å². The minimum atomic E-state index is -0.428. The normalized spacial score (nSPS) is 17.2. The van der Waals surface area contributed by atoms with Gasteiger partial charge >= 0.3 is 0 Å². The average molecular weight is 403 g/mol. The molecule has 1 aromatic carbocycles. The summed E-state index contributed by atoms with van der Waals surface area (Å²) in [6, 6.07) is 6.11. The largest absolute Gasteiger partial charge is 0.492 e. The first-order chi connectivity index (χ1) is 13.5. The Morgan fingerprint density at radius 1 is 1.32 bits per heavy atom. The topological polar surface area (TPSA) is 117 Å². The highest BCUT2D eigenvalue weighted by Gasteiger charge is 2.32. The summed E-state index contributed by atoms with van der Waals surface area (Å²) in [6.07, 6.45) is 1.64. The average Bonchev–Trinajstić information content (AvgIpc) is 3.23. The first-order valence-corrected chi connectivity index (χ1v) is 10.0. The Morgan fingerprint density at radius 2 is 2.00 bits per heavy atom. The minimum Gasteiger partial charge on any atom is -0.492 e. The van der Waals surface area contributed by atoms with Gasteiger partial charge in [-0.1, -0.05) is 30.4 Å². The van der Waals surface area contributed by atoms with Crippen LogP contribution in [0.25, 0.3) is 4.96 Å². The molecule has 0 amide bonds. The molecule has 0 saturated carbocycles. The number of nitro benzene ring substituents is 1. The van der Waals surface area contributed by atoms with E-state index in [0.29, 0.717) is 48.0 Å². The van der Waals surface area contributed by atoms with Gasteiger partial charge in [-0.3, -0.25) is 15.0 Å². The van der Waals surface area contributed by atoms with Crippen molar-refractivity contribution in [3.8, 4) is 5.88 Å². The zero-order chi connectivity index (χ0) is 19.8. The van der Waals surface area contributed by atoms with E-state index >= 15 is 0 Å². The molecule has 9 nitrogen and oxygen atoms in total. The number of likely N-dealkylation sites (tertiary alicyclic amines) is 1. The number of aliphatic hydroxyl groups is 1. The molecule has 1 aliphatic rings. The number of hydrogen-bond acceptors (Lipinski definition) is 8. The lowest BCUT2D eigenvalue weighted by atomic mass is 9.99. The standard InChI is InChI=1S/C18H21N5O4S/c1-2-14-19-18-22(20-14)17(25)16(28-18)15(21-9-7-13(24)8-10-21)11-3-5-12(6-4-11)23(26)27/h3-6,13,15,24-25H,2,7-10H2,1H3/t15-/m0/s1. The highest BCUT2D eigenvalue weighted by molar-refractivity contribution is 7.17. The van der Waals surface area contributed by atoms with Crippen LogP contribution in [0.3, 0.4) is 0 Å². The molecule has 3 heterocycles. The Labute approximate surface area is 165 Å². The third kappa shape index (κ3) is 3.34. The predicted octanol–water partition coefficient (Wildman–Crippen LogP) is 2.51. The van der Waals surface area contributed by atoms with Gasteiger partial charge in [0, 0.05) is 31.6 Å². The molecule has 1 fully saturated rings. The zero-order valence-corrected chi connectivity index (χ0v) is 16.2.